The number of ether oxygens (including phenoxy) is 1. The Labute approximate surface area is 108 Å². The Kier molecular flexibility index (Phi) is 4.00. The molecule has 2 nitrogen and oxygen atoms in total. The lowest BCUT2D eigenvalue weighted by Gasteiger charge is -2.14. The van der Waals surface area contributed by atoms with Gasteiger partial charge in [-0.25, -0.2) is 0 Å². The van der Waals surface area contributed by atoms with Gasteiger partial charge in [0.05, 0.1) is 0 Å². The molecular weight excluding hydrogens is 222 g/mol. The average Bonchev–Trinajstić information content (AvgIpc) is 2.37. The lowest BCUT2D eigenvalue weighted by atomic mass is 10.1. The van der Waals surface area contributed by atoms with E-state index in [1.54, 1.807) is 0 Å². The first-order valence-electron chi connectivity index (χ1n) is 6.19. The van der Waals surface area contributed by atoms with Gasteiger partial charge >= 0.3 is 0 Å². The SMILES string of the molecule is Cc1ccc([C@H](C)N)c(OCc2ccccc2)c1. The van der Waals surface area contributed by atoms with Gasteiger partial charge in [-0.1, -0.05) is 42.5 Å². The van der Waals surface area contributed by atoms with Crippen molar-refractivity contribution in [3.05, 3.63) is 65.2 Å². The third-order valence-corrected chi connectivity index (χ3v) is 2.90. The van der Waals surface area contributed by atoms with Gasteiger partial charge in [-0.05, 0) is 31.0 Å². The summed E-state index contributed by atoms with van der Waals surface area (Å²) in [6, 6.07) is 16.3. The van der Waals surface area contributed by atoms with Gasteiger partial charge in [-0.3, -0.25) is 0 Å². The van der Waals surface area contributed by atoms with Crippen LogP contribution >= 0.6 is 0 Å². The van der Waals surface area contributed by atoms with Crippen LogP contribution in [0.4, 0.5) is 0 Å². The first-order chi connectivity index (χ1) is 8.66. The Balaban J connectivity index is 2.15. The molecule has 2 heteroatoms. The van der Waals surface area contributed by atoms with E-state index in [9.17, 15) is 0 Å². The van der Waals surface area contributed by atoms with E-state index >= 15 is 0 Å². The quantitative estimate of drug-likeness (QED) is 0.887. The molecule has 0 aromatic heterocycles. The standard InChI is InChI=1S/C16H19NO/c1-12-8-9-15(13(2)17)16(10-12)18-11-14-6-4-3-5-7-14/h3-10,13H,11,17H2,1-2H3/t13-/m0/s1. The third-order valence-electron chi connectivity index (χ3n) is 2.90. The van der Waals surface area contributed by atoms with Crippen LogP contribution in [-0.2, 0) is 6.61 Å². The van der Waals surface area contributed by atoms with Gasteiger partial charge in [0, 0.05) is 11.6 Å². The Bertz CT molecular complexity index is 506. The molecule has 94 valence electrons. The summed E-state index contributed by atoms with van der Waals surface area (Å²) in [5.41, 5.74) is 9.35. The van der Waals surface area contributed by atoms with Crippen LogP contribution in [0.5, 0.6) is 5.75 Å². The predicted octanol–water partition coefficient (Wildman–Crippen LogP) is 3.59. The molecule has 0 amide bonds. The molecule has 18 heavy (non-hydrogen) atoms. The van der Waals surface area contributed by atoms with Crippen molar-refractivity contribution in [2.45, 2.75) is 26.5 Å². The molecule has 2 N–H and O–H groups in total. The first kappa shape index (κ1) is 12.7. The summed E-state index contributed by atoms with van der Waals surface area (Å²) in [6.45, 7) is 4.60. The summed E-state index contributed by atoms with van der Waals surface area (Å²) in [5.74, 6) is 0.883. The topological polar surface area (TPSA) is 35.2 Å². The van der Waals surface area contributed by atoms with Crippen LogP contribution in [0.2, 0.25) is 0 Å². The fourth-order valence-electron chi connectivity index (χ4n) is 1.88. The Morgan fingerprint density at radius 3 is 2.50 bits per heavy atom. The minimum atomic E-state index is -0.0172. The number of nitrogens with two attached hydrogens (primary N) is 1. The van der Waals surface area contributed by atoms with E-state index in [2.05, 4.69) is 25.1 Å². The molecule has 0 heterocycles. The maximum Gasteiger partial charge on any atom is 0.124 e. The zero-order valence-electron chi connectivity index (χ0n) is 10.9. The summed E-state index contributed by atoms with van der Waals surface area (Å²) in [4.78, 5) is 0. The highest BCUT2D eigenvalue weighted by molar-refractivity contribution is 5.39. The van der Waals surface area contributed by atoms with Gasteiger partial charge in [0.2, 0.25) is 0 Å². The molecule has 0 radical (unpaired) electrons. The van der Waals surface area contributed by atoms with Crippen molar-refractivity contribution in [3.8, 4) is 5.75 Å². The molecule has 1 atom stereocenters. The van der Waals surface area contributed by atoms with Gasteiger partial charge < -0.3 is 10.5 Å². The molecule has 0 fully saturated rings. The van der Waals surface area contributed by atoms with Crippen LogP contribution in [0.3, 0.4) is 0 Å². The van der Waals surface area contributed by atoms with Crippen LogP contribution in [0.1, 0.15) is 29.7 Å². The van der Waals surface area contributed by atoms with E-state index in [0.717, 1.165) is 16.9 Å². The normalized spacial score (nSPS) is 12.2. The van der Waals surface area contributed by atoms with Crippen LogP contribution in [0, 0.1) is 6.92 Å². The number of hydrogen-bond acceptors (Lipinski definition) is 2. The molecule has 2 aromatic carbocycles. The number of rotatable bonds is 4. The average molecular weight is 241 g/mol. The van der Waals surface area contributed by atoms with E-state index in [4.69, 9.17) is 10.5 Å². The third kappa shape index (κ3) is 3.11. The monoisotopic (exact) mass is 241 g/mol. The van der Waals surface area contributed by atoms with Gasteiger partial charge in [-0.2, -0.15) is 0 Å². The maximum absolute atomic E-state index is 5.95. The van der Waals surface area contributed by atoms with Crippen LogP contribution in [-0.4, -0.2) is 0 Å². The minimum Gasteiger partial charge on any atom is -0.489 e. The zero-order chi connectivity index (χ0) is 13.0. The zero-order valence-corrected chi connectivity index (χ0v) is 10.9. The summed E-state index contributed by atoms with van der Waals surface area (Å²) >= 11 is 0. The molecule has 0 aliphatic carbocycles. The Hall–Kier alpha value is -1.80. The summed E-state index contributed by atoms with van der Waals surface area (Å²) in [5, 5.41) is 0. The van der Waals surface area contributed by atoms with E-state index in [0.29, 0.717) is 6.61 Å². The molecule has 0 spiro atoms. The molecule has 2 aromatic rings. The van der Waals surface area contributed by atoms with E-state index in [1.807, 2.05) is 37.3 Å². The fraction of sp³-hybridized carbons (Fsp3) is 0.250. The molecular formula is C16H19NO. The van der Waals surface area contributed by atoms with Crippen LogP contribution < -0.4 is 10.5 Å². The van der Waals surface area contributed by atoms with Crippen molar-refractivity contribution in [2.75, 3.05) is 0 Å². The summed E-state index contributed by atoms with van der Waals surface area (Å²) in [7, 11) is 0. The van der Waals surface area contributed by atoms with E-state index in [-0.39, 0.29) is 6.04 Å². The van der Waals surface area contributed by atoms with Crippen LogP contribution in [0.25, 0.3) is 0 Å². The minimum absolute atomic E-state index is 0.0172. The molecule has 0 saturated carbocycles. The molecule has 0 unspecified atom stereocenters. The maximum atomic E-state index is 5.95. The van der Waals surface area contributed by atoms with Crippen LogP contribution in [0.15, 0.2) is 48.5 Å². The van der Waals surface area contributed by atoms with Gasteiger partial charge in [0.15, 0.2) is 0 Å². The van der Waals surface area contributed by atoms with Crippen molar-refractivity contribution in [2.24, 2.45) is 5.73 Å². The van der Waals surface area contributed by atoms with E-state index < -0.39 is 0 Å². The van der Waals surface area contributed by atoms with E-state index in [1.165, 1.54) is 5.56 Å². The van der Waals surface area contributed by atoms with Crippen molar-refractivity contribution in [3.63, 3.8) is 0 Å². The highest BCUT2D eigenvalue weighted by Crippen LogP contribution is 2.25. The fourth-order valence-corrected chi connectivity index (χ4v) is 1.88. The molecule has 0 bridgehead atoms. The smallest absolute Gasteiger partial charge is 0.124 e. The van der Waals surface area contributed by atoms with Crippen molar-refractivity contribution < 1.29 is 4.74 Å². The summed E-state index contributed by atoms with van der Waals surface area (Å²) < 4.78 is 5.89. The van der Waals surface area contributed by atoms with Crippen molar-refractivity contribution >= 4 is 0 Å². The first-order valence-corrected chi connectivity index (χ1v) is 6.19. The molecule has 2 rings (SSSR count). The highest BCUT2D eigenvalue weighted by Gasteiger charge is 2.08. The highest BCUT2D eigenvalue weighted by atomic mass is 16.5. The lowest BCUT2D eigenvalue weighted by Crippen LogP contribution is -2.08. The molecule has 0 aliphatic rings. The molecule has 0 aliphatic heterocycles. The Morgan fingerprint density at radius 2 is 1.83 bits per heavy atom. The van der Waals surface area contributed by atoms with Gasteiger partial charge in [-0.15, -0.1) is 0 Å². The van der Waals surface area contributed by atoms with Gasteiger partial charge in [0.25, 0.3) is 0 Å². The number of aryl methyl sites for hydroxylation is 1. The Morgan fingerprint density at radius 1 is 1.11 bits per heavy atom. The largest absolute Gasteiger partial charge is 0.489 e. The lowest BCUT2D eigenvalue weighted by molar-refractivity contribution is 0.301. The van der Waals surface area contributed by atoms with Crippen molar-refractivity contribution in [1.29, 1.82) is 0 Å². The second-order valence-corrected chi connectivity index (χ2v) is 4.60. The molecule has 0 saturated heterocycles. The number of benzene rings is 2. The second kappa shape index (κ2) is 5.69. The predicted molar refractivity (Wildman–Crippen MR) is 74.6 cm³/mol. The summed E-state index contributed by atoms with van der Waals surface area (Å²) in [6.07, 6.45) is 0. The van der Waals surface area contributed by atoms with Gasteiger partial charge in [0.1, 0.15) is 12.4 Å². The second-order valence-electron chi connectivity index (χ2n) is 4.60. The number of hydrogen-bond donors (Lipinski definition) is 1. The van der Waals surface area contributed by atoms with Crippen molar-refractivity contribution in [1.82, 2.24) is 0 Å².